The Morgan fingerprint density at radius 1 is 1.04 bits per heavy atom. The van der Waals surface area contributed by atoms with Gasteiger partial charge in [-0.05, 0) is 62.6 Å². The van der Waals surface area contributed by atoms with Crippen molar-refractivity contribution in [1.82, 2.24) is 5.32 Å². The predicted molar refractivity (Wildman–Crippen MR) is 100.0 cm³/mol. The highest BCUT2D eigenvalue weighted by atomic mass is 16.6. The number of carbonyl (C=O) groups excluding carboxylic acids is 1. The zero-order valence-electron chi connectivity index (χ0n) is 15.7. The molecule has 0 bridgehead atoms. The normalized spacial score (nSPS) is 15.1. The van der Waals surface area contributed by atoms with E-state index in [4.69, 9.17) is 14.2 Å². The SMILES string of the molecule is Cc1ccc(C)c(O[C@H](C)C(=O)N[C@@H](C)c2ccc3c(c2)OCCO3)c1. The van der Waals surface area contributed by atoms with Gasteiger partial charge < -0.3 is 19.5 Å². The quantitative estimate of drug-likeness (QED) is 0.888. The van der Waals surface area contributed by atoms with Crippen LogP contribution in [0.4, 0.5) is 0 Å². The monoisotopic (exact) mass is 355 g/mol. The lowest BCUT2D eigenvalue weighted by molar-refractivity contribution is -0.127. The van der Waals surface area contributed by atoms with Crippen molar-refractivity contribution in [1.29, 1.82) is 0 Å². The van der Waals surface area contributed by atoms with E-state index in [0.29, 0.717) is 13.2 Å². The first kappa shape index (κ1) is 18.1. The Morgan fingerprint density at radius 2 is 1.77 bits per heavy atom. The average molecular weight is 355 g/mol. The fourth-order valence-electron chi connectivity index (χ4n) is 2.82. The number of hydrogen-bond donors (Lipinski definition) is 1. The molecule has 5 nitrogen and oxygen atoms in total. The molecular weight excluding hydrogens is 330 g/mol. The Bertz CT molecular complexity index is 803. The van der Waals surface area contributed by atoms with Gasteiger partial charge in [0.1, 0.15) is 19.0 Å². The number of rotatable bonds is 5. The number of nitrogens with one attached hydrogen (secondary N) is 1. The smallest absolute Gasteiger partial charge is 0.261 e. The molecule has 3 rings (SSSR count). The highest BCUT2D eigenvalue weighted by Crippen LogP contribution is 2.32. The topological polar surface area (TPSA) is 56.8 Å². The molecule has 1 N–H and O–H groups in total. The molecule has 1 aliphatic heterocycles. The van der Waals surface area contributed by atoms with Crippen LogP contribution in [0.1, 0.15) is 36.6 Å². The lowest BCUT2D eigenvalue weighted by atomic mass is 10.1. The molecule has 138 valence electrons. The summed E-state index contributed by atoms with van der Waals surface area (Å²) in [6, 6.07) is 11.5. The maximum atomic E-state index is 12.5. The molecular formula is C21H25NO4. The fraction of sp³-hybridized carbons (Fsp3) is 0.381. The number of benzene rings is 2. The van der Waals surface area contributed by atoms with Crippen LogP contribution in [0.25, 0.3) is 0 Å². The number of amides is 1. The summed E-state index contributed by atoms with van der Waals surface area (Å²) in [4.78, 5) is 12.5. The zero-order chi connectivity index (χ0) is 18.7. The van der Waals surface area contributed by atoms with Gasteiger partial charge in [-0.2, -0.15) is 0 Å². The number of carbonyl (C=O) groups is 1. The van der Waals surface area contributed by atoms with Crippen molar-refractivity contribution >= 4 is 5.91 Å². The van der Waals surface area contributed by atoms with E-state index in [-0.39, 0.29) is 11.9 Å². The van der Waals surface area contributed by atoms with E-state index in [1.54, 1.807) is 6.92 Å². The summed E-state index contributed by atoms with van der Waals surface area (Å²) in [6.07, 6.45) is -0.588. The molecule has 0 saturated carbocycles. The van der Waals surface area contributed by atoms with Crippen molar-refractivity contribution in [2.45, 2.75) is 39.8 Å². The number of fused-ring (bicyclic) bond motifs is 1. The first-order valence-corrected chi connectivity index (χ1v) is 8.88. The van der Waals surface area contributed by atoms with Crippen molar-refractivity contribution in [3.8, 4) is 17.2 Å². The second-order valence-corrected chi connectivity index (χ2v) is 6.66. The molecule has 0 fully saturated rings. The van der Waals surface area contributed by atoms with Crippen LogP contribution in [0, 0.1) is 13.8 Å². The van der Waals surface area contributed by atoms with Crippen molar-refractivity contribution in [3.63, 3.8) is 0 Å². The largest absolute Gasteiger partial charge is 0.486 e. The summed E-state index contributed by atoms with van der Waals surface area (Å²) in [7, 11) is 0. The van der Waals surface area contributed by atoms with Gasteiger partial charge in [-0.1, -0.05) is 18.2 Å². The van der Waals surface area contributed by atoms with Gasteiger partial charge in [-0.3, -0.25) is 4.79 Å². The molecule has 1 heterocycles. The van der Waals surface area contributed by atoms with Crippen LogP contribution in [0.2, 0.25) is 0 Å². The minimum atomic E-state index is -0.588. The van der Waals surface area contributed by atoms with Crippen LogP contribution in [0.5, 0.6) is 17.2 Å². The number of hydrogen-bond acceptors (Lipinski definition) is 4. The molecule has 0 aliphatic carbocycles. The third-order valence-corrected chi connectivity index (χ3v) is 4.44. The maximum Gasteiger partial charge on any atom is 0.261 e. The summed E-state index contributed by atoms with van der Waals surface area (Å²) in [5.41, 5.74) is 3.07. The summed E-state index contributed by atoms with van der Waals surface area (Å²) >= 11 is 0. The predicted octanol–water partition coefficient (Wildman–Crippen LogP) is 3.72. The fourth-order valence-corrected chi connectivity index (χ4v) is 2.82. The first-order valence-electron chi connectivity index (χ1n) is 8.88. The molecule has 0 unspecified atom stereocenters. The van der Waals surface area contributed by atoms with Gasteiger partial charge in [-0.25, -0.2) is 0 Å². The lowest BCUT2D eigenvalue weighted by Gasteiger charge is -2.22. The van der Waals surface area contributed by atoms with E-state index in [2.05, 4.69) is 5.32 Å². The van der Waals surface area contributed by atoms with E-state index in [0.717, 1.165) is 33.9 Å². The van der Waals surface area contributed by atoms with Gasteiger partial charge in [0.15, 0.2) is 17.6 Å². The molecule has 0 aromatic heterocycles. The van der Waals surface area contributed by atoms with Crippen LogP contribution >= 0.6 is 0 Å². The molecule has 1 amide bonds. The van der Waals surface area contributed by atoms with Crippen molar-refractivity contribution in [2.75, 3.05) is 13.2 Å². The Balaban J connectivity index is 1.64. The molecule has 0 spiro atoms. The summed E-state index contributed by atoms with van der Waals surface area (Å²) < 4.78 is 17.0. The Labute approximate surface area is 154 Å². The van der Waals surface area contributed by atoms with Crippen LogP contribution in [-0.4, -0.2) is 25.2 Å². The second-order valence-electron chi connectivity index (χ2n) is 6.66. The summed E-state index contributed by atoms with van der Waals surface area (Å²) in [5.74, 6) is 2.03. The highest BCUT2D eigenvalue weighted by molar-refractivity contribution is 5.81. The minimum absolute atomic E-state index is 0.159. The van der Waals surface area contributed by atoms with Crippen molar-refractivity contribution in [3.05, 3.63) is 53.1 Å². The molecule has 5 heteroatoms. The molecule has 0 saturated heterocycles. The van der Waals surface area contributed by atoms with Gasteiger partial charge in [0, 0.05) is 0 Å². The van der Waals surface area contributed by atoms with Gasteiger partial charge in [-0.15, -0.1) is 0 Å². The third-order valence-electron chi connectivity index (χ3n) is 4.44. The van der Waals surface area contributed by atoms with Gasteiger partial charge in [0.2, 0.25) is 0 Å². The molecule has 2 aromatic carbocycles. The number of aryl methyl sites for hydroxylation is 2. The highest BCUT2D eigenvalue weighted by Gasteiger charge is 2.20. The van der Waals surface area contributed by atoms with Crippen LogP contribution in [0.3, 0.4) is 0 Å². The summed E-state index contributed by atoms with van der Waals surface area (Å²) in [6.45, 7) is 8.77. The standard InChI is InChI=1S/C21H25NO4/c1-13-5-6-14(2)19(11-13)26-16(4)21(23)22-15(3)17-7-8-18-20(12-17)25-10-9-24-18/h5-8,11-12,15-16H,9-10H2,1-4H3,(H,22,23)/t15-,16+/m0/s1. The Hall–Kier alpha value is -2.69. The van der Waals surface area contributed by atoms with Crippen LogP contribution in [0.15, 0.2) is 36.4 Å². The van der Waals surface area contributed by atoms with Gasteiger partial charge in [0.25, 0.3) is 5.91 Å². The van der Waals surface area contributed by atoms with E-state index < -0.39 is 6.10 Å². The van der Waals surface area contributed by atoms with Crippen LogP contribution < -0.4 is 19.5 Å². The van der Waals surface area contributed by atoms with Crippen molar-refractivity contribution in [2.24, 2.45) is 0 Å². The Kier molecular flexibility index (Phi) is 5.35. The van der Waals surface area contributed by atoms with Crippen molar-refractivity contribution < 1.29 is 19.0 Å². The lowest BCUT2D eigenvalue weighted by Crippen LogP contribution is -2.37. The Morgan fingerprint density at radius 3 is 2.54 bits per heavy atom. The average Bonchev–Trinajstić information content (AvgIpc) is 2.64. The molecule has 0 radical (unpaired) electrons. The molecule has 2 atom stereocenters. The second kappa shape index (κ2) is 7.68. The summed E-state index contributed by atoms with van der Waals surface area (Å²) in [5, 5.41) is 3.00. The van der Waals surface area contributed by atoms with Gasteiger partial charge in [0.05, 0.1) is 6.04 Å². The third kappa shape index (κ3) is 4.10. The molecule has 26 heavy (non-hydrogen) atoms. The van der Waals surface area contributed by atoms with E-state index in [1.807, 2.05) is 57.2 Å². The zero-order valence-corrected chi connectivity index (χ0v) is 15.7. The van der Waals surface area contributed by atoms with Gasteiger partial charge >= 0.3 is 0 Å². The van der Waals surface area contributed by atoms with E-state index in [1.165, 1.54) is 0 Å². The molecule has 2 aromatic rings. The van der Waals surface area contributed by atoms with Crippen LogP contribution in [-0.2, 0) is 4.79 Å². The first-order chi connectivity index (χ1) is 12.4. The maximum absolute atomic E-state index is 12.5. The minimum Gasteiger partial charge on any atom is -0.486 e. The van der Waals surface area contributed by atoms with E-state index in [9.17, 15) is 4.79 Å². The number of ether oxygens (including phenoxy) is 3. The molecule has 1 aliphatic rings. The van der Waals surface area contributed by atoms with E-state index >= 15 is 0 Å².